The Labute approximate surface area is 174 Å². The van der Waals surface area contributed by atoms with Crippen molar-refractivity contribution < 1.29 is 26.5 Å². The highest BCUT2D eigenvalue weighted by Gasteiger charge is 2.29. The van der Waals surface area contributed by atoms with Crippen LogP contribution in [0, 0.1) is 18.6 Å². The molecule has 0 saturated carbocycles. The van der Waals surface area contributed by atoms with Crippen LogP contribution in [-0.2, 0) is 16.6 Å². The third-order valence-corrected chi connectivity index (χ3v) is 7.08. The van der Waals surface area contributed by atoms with E-state index in [0.717, 1.165) is 17.4 Å². The van der Waals surface area contributed by atoms with Crippen LogP contribution in [0.1, 0.15) is 17.7 Å². The van der Waals surface area contributed by atoms with Gasteiger partial charge in [0.2, 0.25) is 16.4 Å². The van der Waals surface area contributed by atoms with Crippen LogP contribution in [0.4, 0.5) is 14.5 Å². The summed E-state index contributed by atoms with van der Waals surface area (Å²) in [5.41, 5.74) is 2.87. The maximum Gasteiger partial charge on any atom is 0.249 e. The van der Waals surface area contributed by atoms with Crippen LogP contribution in [0.2, 0.25) is 0 Å². The SMILES string of the molecule is COc1cc(N2CCCS2(=O)=O)ccc1-[n+]1cc(C)n(Cc2ccc(F)c(F)c2)c1. The number of hydrogen-bond acceptors (Lipinski definition) is 3. The molecule has 0 N–H and O–H groups in total. The molecule has 1 aliphatic heterocycles. The molecule has 9 heteroatoms. The highest BCUT2D eigenvalue weighted by molar-refractivity contribution is 7.93. The fourth-order valence-corrected chi connectivity index (χ4v) is 5.20. The van der Waals surface area contributed by atoms with Crippen molar-refractivity contribution in [2.75, 3.05) is 23.7 Å². The Hall–Kier alpha value is -2.94. The predicted octanol–water partition coefficient (Wildman–Crippen LogP) is 2.95. The number of aromatic nitrogens is 2. The first-order valence-corrected chi connectivity index (χ1v) is 11.1. The number of anilines is 1. The summed E-state index contributed by atoms with van der Waals surface area (Å²) in [4.78, 5) is 0. The van der Waals surface area contributed by atoms with Crippen molar-refractivity contribution in [1.29, 1.82) is 0 Å². The van der Waals surface area contributed by atoms with Crippen molar-refractivity contribution in [3.63, 3.8) is 0 Å². The maximum absolute atomic E-state index is 13.5. The van der Waals surface area contributed by atoms with E-state index in [-0.39, 0.29) is 5.75 Å². The summed E-state index contributed by atoms with van der Waals surface area (Å²) in [6.45, 7) is 2.75. The minimum Gasteiger partial charge on any atom is -0.492 e. The third kappa shape index (κ3) is 3.77. The van der Waals surface area contributed by atoms with Crippen molar-refractivity contribution in [3.05, 3.63) is 71.8 Å². The molecule has 0 atom stereocenters. The van der Waals surface area contributed by atoms with Gasteiger partial charge < -0.3 is 4.74 Å². The van der Waals surface area contributed by atoms with Gasteiger partial charge in [-0.2, -0.15) is 4.57 Å². The Kier molecular flexibility index (Phi) is 5.23. The predicted molar refractivity (Wildman–Crippen MR) is 108 cm³/mol. The molecule has 0 radical (unpaired) electrons. The number of benzene rings is 2. The molecule has 0 aliphatic carbocycles. The van der Waals surface area contributed by atoms with Gasteiger partial charge in [0.15, 0.2) is 23.1 Å². The minimum absolute atomic E-state index is 0.151. The Morgan fingerprint density at radius 3 is 2.60 bits per heavy atom. The standard InChI is InChI=1S/C21H22F2N3O3S/c1-15-12-25(14-24(15)13-16-4-6-18(22)19(23)10-16)20-7-5-17(11-21(20)29-2)26-8-3-9-30(26,27)28/h4-7,10-12,14H,3,8-9,13H2,1-2H3/q+1. The molecule has 0 unspecified atom stereocenters. The molecule has 30 heavy (non-hydrogen) atoms. The molecule has 4 rings (SSSR count). The third-order valence-electron chi connectivity index (χ3n) is 5.21. The molecule has 0 bridgehead atoms. The molecule has 1 fully saturated rings. The Morgan fingerprint density at radius 2 is 1.93 bits per heavy atom. The summed E-state index contributed by atoms with van der Waals surface area (Å²) in [6, 6.07) is 9.14. The van der Waals surface area contributed by atoms with Gasteiger partial charge in [-0.3, -0.25) is 4.31 Å². The molecule has 6 nitrogen and oxygen atoms in total. The average Bonchev–Trinajstić information content (AvgIpc) is 3.25. The fourth-order valence-electron chi connectivity index (χ4n) is 3.65. The van der Waals surface area contributed by atoms with Crippen molar-refractivity contribution in [1.82, 2.24) is 4.57 Å². The summed E-state index contributed by atoms with van der Waals surface area (Å²) < 4.78 is 61.8. The number of sulfonamides is 1. The number of hydrogen-bond donors (Lipinski definition) is 0. The van der Waals surface area contributed by atoms with E-state index in [0.29, 0.717) is 36.5 Å². The second-order valence-electron chi connectivity index (χ2n) is 7.27. The van der Waals surface area contributed by atoms with Crippen LogP contribution in [0.3, 0.4) is 0 Å². The summed E-state index contributed by atoms with van der Waals surface area (Å²) in [6.07, 6.45) is 4.33. The molecular formula is C21H22F2N3O3S+. The Bertz CT molecular complexity index is 1210. The van der Waals surface area contributed by atoms with Crippen molar-refractivity contribution >= 4 is 15.7 Å². The monoisotopic (exact) mass is 434 g/mol. The number of ether oxygens (including phenoxy) is 1. The second-order valence-corrected chi connectivity index (χ2v) is 9.28. The molecule has 158 valence electrons. The van der Waals surface area contributed by atoms with Crippen LogP contribution in [0.25, 0.3) is 5.69 Å². The van der Waals surface area contributed by atoms with Gasteiger partial charge in [0.25, 0.3) is 0 Å². The molecule has 0 amide bonds. The van der Waals surface area contributed by atoms with Crippen LogP contribution < -0.4 is 13.6 Å². The molecular weight excluding hydrogens is 412 g/mol. The summed E-state index contributed by atoms with van der Waals surface area (Å²) in [5.74, 6) is -1.07. The molecule has 0 spiro atoms. The van der Waals surface area contributed by atoms with Crippen LogP contribution in [-0.4, -0.2) is 32.4 Å². The number of nitrogens with zero attached hydrogens (tertiary/aromatic N) is 3. The number of halogens is 2. The van der Waals surface area contributed by atoms with Gasteiger partial charge in [0, 0.05) is 19.5 Å². The first-order valence-electron chi connectivity index (χ1n) is 9.49. The fraction of sp³-hybridized carbons (Fsp3) is 0.286. The second kappa shape index (κ2) is 7.71. The normalized spacial score (nSPS) is 15.5. The van der Waals surface area contributed by atoms with Crippen molar-refractivity contribution in [2.24, 2.45) is 0 Å². The number of imidazole rings is 1. The van der Waals surface area contributed by atoms with Crippen LogP contribution in [0.15, 0.2) is 48.9 Å². The summed E-state index contributed by atoms with van der Waals surface area (Å²) >= 11 is 0. The molecule has 1 saturated heterocycles. The summed E-state index contributed by atoms with van der Waals surface area (Å²) in [5, 5.41) is 0. The van der Waals surface area contributed by atoms with E-state index < -0.39 is 21.7 Å². The van der Waals surface area contributed by atoms with E-state index >= 15 is 0 Å². The summed E-state index contributed by atoms with van der Waals surface area (Å²) in [7, 11) is -1.74. The van der Waals surface area contributed by atoms with E-state index in [9.17, 15) is 17.2 Å². The van der Waals surface area contributed by atoms with Gasteiger partial charge in [-0.25, -0.2) is 21.8 Å². The van der Waals surface area contributed by atoms with Gasteiger partial charge in [0.1, 0.15) is 18.4 Å². The highest BCUT2D eigenvalue weighted by atomic mass is 32.2. The molecule has 3 aromatic rings. The zero-order chi connectivity index (χ0) is 21.5. The van der Waals surface area contributed by atoms with Gasteiger partial charge in [0.05, 0.1) is 18.6 Å². The topological polar surface area (TPSA) is 55.4 Å². The quantitative estimate of drug-likeness (QED) is 0.581. The van der Waals surface area contributed by atoms with Crippen molar-refractivity contribution in [3.8, 4) is 11.4 Å². The lowest BCUT2D eigenvalue weighted by Gasteiger charge is -2.18. The van der Waals surface area contributed by atoms with Gasteiger partial charge >= 0.3 is 0 Å². The lowest BCUT2D eigenvalue weighted by atomic mass is 10.2. The van der Waals surface area contributed by atoms with Crippen molar-refractivity contribution in [2.45, 2.75) is 19.9 Å². The largest absolute Gasteiger partial charge is 0.492 e. The Balaban J connectivity index is 1.65. The first-order chi connectivity index (χ1) is 14.3. The zero-order valence-electron chi connectivity index (χ0n) is 16.7. The molecule has 2 heterocycles. The lowest BCUT2D eigenvalue weighted by molar-refractivity contribution is -0.595. The zero-order valence-corrected chi connectivity index (χ0v) is 17.5. The molecule has 1 aliphatic rings. The van der Waals surface area contributed by atoms with E-state index in [1.54, 1.807) is 18.2 Å². The highest BCUT2D eigenvalue weighted by Crippen LogP contribution is 2.30. The number of aryl methyl sites for hydroxylation is 1. The smallest absolute Gasteiger partial charge is 0.249 e. The minimum atomic E-state index is -3.28. The van der Waals surface area contributed by atoms with E-state index in [4.69, 9.17) is 4.74 Å². The number of methoxy groups -OCH3 is 1. The Morgan fingerprint density at radius 1 is 1.13 bits per heavy atom. The van der Waals surface area contributed by atoms with Crippen LogP contribution in [0.5, 0.6) is 5.75 Å². The molecule has 1 aromatic heterocycles. The lowest BCUT2D eigenvalue weighted by Crippen LogP contribution is -2.29. The average molecular weight is 434 g/mol. The van der Waals surface area contributed by atoms with Gasteiger partial charge in [-0.1, -0.05) is 6.07 Å². The molecule has 2 aromatic carbocycles. The maximum atomic E-state index is 13.5. The van der Waals surface area contributed by atoms with E-state index in [1.165, 1.54) is 17.5 Å². The van der Waals surface area contributed by atoms with E-state index in [1.807, 2.05) is 34.6 Å². The van der Waals surface area contributed by atoms with Gasteiger partial charge in [-0.15, -0.1) is 0 Å². The van der Waals surface area contributed by atoms with Crippen LogP contribution >= 0.6 is 0 Å². The number of rotatable bonds is 5. The first kappa shape index (κ1) is 20.3. The van der Waals surface area contributed by atoms with E-state index in [2.05, 4.69) is 0 Å². The van der Waals surface area contributed by atoms with Gasteiger partial charge in [-0.05, 0) is 36.2 Å².